The molecule has 2 saturated carbocycles. The summed E-state index contributed by atoms with van der Waals surface area (Å²) in [6.45, 7) is 2.89. The molecule has 3 aromatic heterocycles. The van der Waals surface area contributed by atoms with E-state index in [1.165, 1.54) is 0 Å². The number of ether oxygens (including phenoxy) is 1. The van der Waals surface area contributed by atoms with Gasteiger partial charge in [0.05, 0.1) is 34.7 Å². The predicted octanol–water partition coefficient (Wildman–Crippen LogP) is 3.42. The number of carbonyl (C=O) groups is 1. The SMILES string of the molecule is CCOCn1cc(NC(=O)c2cc(C3CC3)nc3onc(C4CC4)c23)cn1. The smallest absolute Gasteiger partial charge is 0.259 e. The molecule has 8 nitrogen and oxygen atoms in total. The lowest BCUT2D eigenvalue weighted by molar-refractivity contribution is 0.0792. The molecule has 2 fully saturated rings. The fraction of sp³-hybridized carbons (Fsp3) is 0.474. The van der Waals surface area contributed by atoms with Crippen LogP contribution in [0.2, 0.25) is 0 Å². The number of nitrogens with one attached hydrogen (secondary N) is 1. The van der Waals surface area contributed by atoms with E-state index in [4.69, 9.17) is 9.26 Å². The summed E-state index contributed by atoms with van der Waals surface area (Å²) in [4.78, 5) is 17.7. The number of nitrogens with zero attached hydrogens (tertiary/aromatic N) is 4. The Kier molecular flexibility index (Phi) is 3.93. The zero-order valence-electron chi connectivity index (χ0n) is 15.1. The lowest BCUT2D eigenvalue weighted by Crippen LogP contribution is -2.13. The first-order valence-corrected chi connectivity index (χ1v) is 9.44. The third kappa shape index (κ3) is 3.21. The van der Waals surface area contributed by atoms with Crippen molar-refractivity contribution in [3.8, 4) is 0 Å². The minimum Gasteiger partial charge on any atom is -0.360 e. The summed E-state index contributed by atoms with van der Waals surface area (Å²) >= 11 is 0. The highest BCUT2D eigenvalue weighted by Crippen LogP contribution is 2.45. The summed E-state index contributed by atoms with van der Waals surface area (Å²) in [5.74, 6) is 0.607. The molecule has 3 aromatic rings. The van der Waals surface area contributed by atoms with E-state index in [0.717, 1.165) is 42.5 Å². The highest BCUT2D eigenvalue weighted by molar-refractivity contribution is 6.12. The van der Waals surface area contributed by atoms with Gasteiger partial charge in [-0.2, -0.15) is 5.10 Å². The number of aromatic nitrogens is 4. The summed E-state index contributed by atoms with van der Waals surface area (Å²) in [6, 6.07) is 1.91. The summed E-state index contributed by atoms with van der Waals surface area (Å²) in [5.41, 5.74) is 3.46. The number of rotatable bonds is 7. The molecule has 5 rings (SSSR count). The minimum atomic E-state index is -0.189. The second-order valence-corrected chi connectivity index (χ2v) is 7.24. The summed E-state index contributed by atoms with van der Waals surface area (Å²) < 4.78 is 12.5. The highest BCUT2D eigenvalue weighted by atomic mass is 16.5. The van der Waals surface area contributed by atoms with E-state index in [2.05, 4.69) is 20.6 Å². The van der Waals surface area contributed by atoms with E-state index in [-0.39, 0.29) is 5.91 Å². The molecule has 0 aromatic carbocycles. The predicted molar refractivity (Wildman–Crippen MR) is 97.6 cm³/mol. The van der Waals surface area contributed by atoms with Gasteiger partial charge in [0.25, 0.3) is 11.6 Å². The number of hydrogen-bond donors (Lipinski definition) is 1. The van der Waals surface area contributed by atoms with E-state index in [1.807, 2.05) is 13.0 Å². The summed E-state index contributed by atoms with van der Waals surface area (Å²) in [6.07, 6.45) is 7.74. The molecule has 0 saturated heterocycles. The third-order valence-corrected chi connectivity index (χ3v) is 5.02. The van der Waals surface area contributed by atoms with Gasteiger partial charge in [0.15, 0.2) is 0 Å². The Balaban J connectivity index is 1.47. The number of anilines is 1. The molecule has 3 heterocycles. The van der Waals surface area contributed by atoms with Gasteiger partial charge in [-0.1, -0.05) is 5.16 Å². The van der Waals surface area contributed by atoms with Gasteiger partial charge in [-0.3, -0.25) is 4.79 Å². The molecule has 8 heteroatoms. The first-order chi connectivity index (χ1) is 13.2. The van der Waals surface area contributed by atoms with Crippen molar-refractivity contribution in [2.24, 2.45) is 0 Å². The lowest BCUT2D eigenvalue weighted by atomic mass is 10.1. The number of fused-ring (bicyclic) bond motifs is 1. The van der Waals surface area contributed by atoms with Crippen LogP contribution in [-0.4, -0.2) is 32.4 Å². The van der Waals surface area contributed by atoms with Crippen molar-refractivity contribution in [1.82, 2.24) is 19.9 Å². The summed E-state index contributed by atoms with van der Waals surface area (Å²) in [5, 5.41) is 12.1. The zero-order chi connectivity index (χ0) is 18.4. The Morgan fingerprint density at radius 1 is 1.33 bits per heavy atom. The maximum Gasteiger partial charge on any atom is 0.259 e. The van der Waals surface area contributed by atoms with Crippen molar-refractivity contribution in [3.63, 3.8) is 0 Å². The molecule has 0 bridgehead atoms. The van der Waals surface area contributed by atoms with Gasteiger partial charge in [0, 0.05) is 24.1 Å². The Hall–Kier alpha value is -2.74. The number of amides is 1. The van der Waals surface area contributed by atoms with E-state index in [9.17, 15) is 4.79 Å². The molecule has 0 aliphatic heterocycles. The van der Waals surface area contributed by atoms with Crippen LogP contribution in [0.25, 0.3) is 11.1 Å². The van der Waals surface area contributed by atoms with Crippen molar-refractivity contribution in [1.29, 1.82) is 0 Å². The van der Waals surface area contributed by atoms with E-state index < -0.39 is 0 Å². The monoisotopic (exact) mass is 367 g/mol. The largest absolute Gasteiger partial charge is 0.360 e. The molecule has 0 atom stereocenters. The molecule has 0 spiro atoms. The van der Waals surface area contributed by atoms with Crippen LogP contribution in [-0.2, 0) is 11.5 Å². The van der Waals surface area contributed by atoms with Crippen LogP contribution in [0.4, 0.5) is 5.69 Å². The van der Waals surface area contributed by atoms with Gasteiger partial charge in [-0.15, -0.1) is 0 Å². The normalized spacial score (nSPS) is 16.8. The van der Waals surface area contributed by atoms with Crippen molar-refractivity contribution >= 4 is 22.7 Å². The molecular formula is C19H21N5O3. The number of hydrogen-bond acceptors (Lipinski definition) is 6. The third-order valence-electron chi connectivity index (χ3n) is 5.02. The Morgan fingerprint density at radius 3 is 2.89 bits per heavy atom. The first-order valence-electron chi connectivity index (χ1n) is 9.44. The Labute approximate surface area is 155 Å². The van der Waals surface area contributed by atoms with Crippen LogP contribution in [0, 0.1) is 0 Å². The topological polar surface area (TPSA) is 95.1 Å². The zero-order valence-corrected chi connectivity index (χ0v) is 15.1. The highest BCUT2D eigenvalue weighted by Gasteiger charge is 2.34. The average molecular weight is 367 g/mol. The quantitative estimate of drug-likeness (QED) is 0.687. The van der Waals surface area contributed by atoms with Gasteiger partial charge in [0.2, 0.25) is 0 Å². The van der Waals surface area contributed by atoms with Crippen molar-refractivity contribution in [2.75, 3.05) is 11.9 Å². The standard InChI is InChI=1S/C19H21N5O3/c1-2-26-10-24-9-13(8-20-24)21-18(25)14-7-15(11-3-4-11)22-19-16(14)17(23-27-19)12-5-6-12/h7-9,11-12H,2-6,10H2,1H3,(H,21,25). The van der Waals surface area contributed by atoms with Gasteiger partial charge >= 0.3 is 0 Å². The fourth-order valence-electron chi connectivity index (χ4n) is 3.28. The van der Waals surface area contributed by atoms with Crippen LogP contribution in [0.3, 0.4) is 0 Å². The maximum atomic E-state index is 13.1. The Morgan fingerprint density at radius 2 is 2.15 bits per heavy atom. The summed E-state index contributed by atoms with van der Waals surface area (Å²) in [7, 11) is 0. The van der Waals surface area contributed by atoms with Gasteiger partial charge in [-0.05, 0) is 38.7 Å². The molecule has 1 N–H and O–H groups in total. The van der Waals surface area contributed by atoms with Gasteiger partial charge in [-0.25, -0.2) is 9.67 Å². The lowest BCUT2D eigenvalue weighted by Gasteiger charge is -2.07. The molecule has 0 unspecified atom stereocenters. The molecule has 2 aliphatic carbocycles. The number of carbonyl (C=O) groups excluding carboxylic acids is 1. The fourth-order valence-corrected chi connectivity index (χ4v) is 3.28. The van der Waals surface area contributed by atoms with Crippen molar-refractivity contribution < 1.29 is 14.1 Å². The van der Waals surface area contributed by atoms with Crippen molar-refractivity contribution in [3.05, 3.63) is 35.4 Å². The van der Waals surface area contributed by atoms with E-state index in [1.54, 1.807) is 17.1 Å². The van der Waals surface area contributed by atoms with Crippen LogP contribution in [0.1, 0.15) is 66.2 Å². The minimum absolute atomic E-state index is 0.189. The molecule has 0 radical (unpaired) electrons. The molecule has 2 aliphatic rings. The van der Waals surface area contributed by atoms with Gasteiger partial charge < -0.3 is 14.6 Å². The molecule has 140 valence electrons. The van der Waals surface area contributed by atoms with Crippen LogP contribution < -0.4 is 5.32 Å². The van der Waals surface area contributed by atoms with Crippen LogP contribution in [0.15, 0.2) is 23.0 Å². The first kappa shape index (κ1) is 16.4. The second kappa shape index (κ2) is 6.45. The van der Waals surface area contributed by atoms with Gasteiger partial charge in [0.1, 0.15) is 6.73 Å². The Bertz CT molecular complexity index is 1000. The molecule has 27 heavy (non-hydrogen) atoms. The van der Waals surface area contributed by atoms with Crippen LogP contribution in [0.5, 0.6) is 0 Å². The maximum absolute atomic E-state index is 13.1. The molecule has 1 amide bonds. The van der Waals surface area contributed by atoms with E-state index >= 15 is 0 Å². The number of pyridine rings is 1. The van der Waals surface area contributed by atoms with Crippen LogP contribution >= 0.6 is 0 Å². The second-order valence-electron chi connectivity index (χ2n) is 7.24. The van der Waals surface area contributed by atoms with Crippen molar-refractivity contribution in [2.45, 2.75) is 51.2 Å². The van der Waals surface area contributed by atoms with E-state index in [0.29, 0.717) is 42.1 Å². The molecular weight excluding hydrogens is 346 g/mol. The average Bonchev–Trinajstić information content (AvgIpc) is 3.61.